The molecule has 0 unspecified atom stereocenters. The van der Waals surface area contributed by atoms with E-state index in [0.29, 0.717) is 0 Å². The van der Waals surface area contributed by atoms with Gasteiger partial charge in [0.1, 0.15) is 5.75 Å². The Morgan fingerprint density at radius 2 is 1.22 bits per heavy atom. The van der Waals surface area contributed by atoms with Crippen LogP contribution in [-0.4, -0.2) is 28.9 Å². The van der Waals surface area contributed by atoms with Crippen LogP contribution in [0.15, 0.2) is 42.5 Å². The minimum absolute atomic E-state index is 0.0152. The van der Waals surface area contributed by atoms with E-state index in [-0.39, 0.29) is 46.3 Å². The Hall–Kier alpha value is -5.11. The minimum atomic E-state index is -0.643. The minimum Gasteiger partial charge on any atom is -0.439 e. The Bertz CT molecular complexity index is 1220. The van der Waals surface area contributed by atoms with E-state index >= 15 is 0 Å². The molecule has 0 spiro atoms. The van der Waals surface area contributed by atoms with E-state index in [1.807, 2.05) is 0 Å². The third kappa shape index (κ3) is 7.46. The first-order valence-electron chi connectivity index (χ1n) is 10.3. The van der Waals surface area contributed by atoms with E-state index in [4.69, 9.17) is 28.4 Å². The molecule has 0 bridgehead atoms. The van der Waals surface area contributed by atoms with Gasteiger partial charge in [0.15, 0.2) is 23.0 Å². The third-order valence-corrected chi connectivity index (χ3v) is 3.84. The molecule has 3 aromatic rings. The lowest BCUT2D eigenvalue weighted by Crippen LogP contribution is -2.07. The van der Waals surface area contributed by atoms with Gasteiger partial charge in [-0.15, -0.1) is 0 Å². The zero-order valence-corrected chi connectivity index (χ0v) is 19.6. The molecule has 0 aliphatic rings. The van der Waals surface area contributed by atoms with Crippen molar-refractivity contribution in [2.24, 2.45) is 0 Å². The smallest absolute Gasteiger partial charge is 0.308 e. The SMILES string of the molecule is CC(=O)Oc1c#cc(Oc2cccc(Oc3ccc(OC(C)=O)c(OC(C)=O)c3)n2)cc1OC(C)=O. The Labute approximate surface area is 205 Å². The van der Waals surface area contributed by atoms with Crippen LogP contribution < -0.4 is 28.4 Å². The summed E-state index contributed by atoms with van der Waals surface area (Å²) in [7, 11) is 0. The van der Waals surface area contributed by atoms with Gasteiger partial charge in [-0.1, -0.05) is 6.07 Å². The molecule has 0 radical (unpaired) electrons. The molecule has 0 atom stereocenters. The lowest BCUT2D eigenvalue weighted by molar-refractivity contribution is -0.134. The first kappa shape index (κ1) is 25.5. The van der Waals surface area contributed by atoms with Gasteiger partial charge < -0.3 is 28.4 Å². The molecule has 11 heteroatoms. The van der Waals surface area contributed by atoms with E-state index in [9.17, 15) is 19.2 Å². The molecule has 0 fully saturated rings. The standard InChI is InChI=1S/C25H19NO10/c1-14(27)31-20-10-8-18(12-22(20)33-16(3)29)35-24-6-5-7-25(26-24)36-19-9-11-21(32-15(2)28)23(13-19)34-17(4)30/h5-8,10,12-13H,1-4H3. The largest absolute Gasteiger partial charge is 0.439 e. The first-order valence-corrected chi connectivity index (χ1v) is 10.3. The van der Waals surface area contributed by atoms with Gasteiger partial charge in [-0.25, -0.2) is 0 Å². The number of benzene rings is 1. The highest BCUT2D eigenvalue weighted by atomic mass is 16.6. The van der Waals surface area contributed by atoms with Gasteiger partial charge in [-0.2, -0.15) is 4.98 Å². The Kier molecular flexibility index (Phi) is 8.04. The van der Waals surface area contributed by atoms with E-state index in [0.717, 1.165) is 0 Å². The number of carbonyl (C=O) groups excluding carboxylic acids is 4. The maximum Gasteiger partial charge on any atom is 0.308 e. The summed E-state index contributed by atoms with van der Waals surface area (Å²) in [5.41, 5.74) is 0. The highest BCUT2D eigenvalue weighted by Gasteiger charge is 2.14. The number of rotatable bonds is 8. The molecule has 0 saturated carbocycles. The quantitative estimate of drug-likeness (QED) is 0.333. The molecule has 0 amide bonds. The summed E-state index contributed by atoms with van der Waals surface area (Å²) in [6.07, 6.45) is 0. The number of hydrogen-bond acceptors (Lipinski definition) is 11. The van der Waals surface area contributed by atoms with E-state index in [1.165, 1.54) is 58.0 Å². The second kappa shape index (κ2) is 11.3. The molecule has 0 saturated heterocycles. The molecule has 1 heterocycles. The van der Waals surface area contributed by atoms with Gasteiger partial charge in [-0.3, -0.25) is 19.2 Å². The summed E-state index contributed by atoms with van der Waals surface area (Å²) in [5.74, 6) is -2.18. The average Bonchev–Trinajstić information content (AvgIpc) is 2.76. The van der Waals surface area contributed by atoms with Crippen molar-refractivity contribution in [3.63, 3.8) is 0 Å². The number of aromatic nitrogens is 1. The molecule has 1 aromatic heterocycles. The van der Waals surface area contributed by atoms with E-state index in [1.54, 1.807) is 12.1 Å². The fourth-order valence-corrected chi connectivity index (χ4v) is 2.67. The summed E-state index contributed by atoms with van der Waals surface area (Å²) in [6.45, 7) is 4.78. The highest BCUT2D eigenvalue weighted by Crippen LogP contribution is 2.35. The topological polar surface area (TPSA) is 137 Å². The molecule has 36 heavy (non-hydrogen) atoms. The summed E-state index contributed by atoms with van der Waals surface area (Å²) < 4.78 is 31.5. The van der Waals surface area contributed by atoms with Gasteiger partial charge in [0, 0.05) is 52.0 Å². The van der Waals surface area contributed by atoms with Gasteiger partial charge >= 0.3 is 23.9 Å². The number of carbonyl (C=O) groups is 4. The highest BCUT2D eigenvalue weighted by molar-refractivity contribution is 5.74. The number of nitrogens with zero attached hydrogens (tertiary/aromatic N) is 1. The molecule has 184 valence electrons. The summed E-state index contributed by atoms with van der Waals surface area (Å²) in [4.78, 5) is 49.6. The monoisotopic (exact) mass is 493 g/mol. The fraction of sp³-hybridized carbons (Fsp3) is 0.160. The van der Waals surface area contributed by atoms with Crippen molar-refractivity contribution < 1.29 is 47.6 Å². The second-order valence-electron chi connectivity index (χ2n) is 6.95. The van der Waals surface area contributed by atoms with E-state index < -0.39 is 23.9 Å². The molecular formula is C25H19NO10. The Morgan fingerprint density at radius 1 is 0.639 bits per heavy atom. The third-order valence-electron chi connectivity index (χ3n) is 3.84. The van der Waals surface area contributed by atoms with Gasteiger partial charge in [0.05, 0.1) is 0 Å². The lowest BCUT2D eigenvalue weighted by atomic mass is 10.3. The van der Waals surface area contributed by atoms with Crippen molar-refractivity contribution in [2.45, 2.75) is 27.7 Å². The number of hydrogen-bond donors (Lipinski definition) is 0. The van der Waals surface area contributed by atoms with Crippen LogP contribution in [-0.2, 0) is 19.2 Å². The van der Waals surface area contributed by atoms with Gasteiger partial charge in [-0.05, 0) is 24.3 Å². The molecule has 2 aromatic carbocycles. The van der Waals surface area contributed by atoms with Crippen LogP contribution in [0.5, 0.6) is 46.3 Å². The normalized spacial score (nSPS) is 9.89. The van der Waals surface area contributed by atoms with Gasteiger partial charge in [0.25, 0.3) is 0 Å². The summed E-state index contributed by atoms with van der Waals surface area (Å²) in [5, 5.41) is 0. The summed E-state index contributed by atoms with van der Waals surface area (Å²) >= 11 is 0. The zero-order chi connectivity index (χ0) is 26.2. The maximum atomic E-state index is 11.4. The van der Waals surface area contributed by atoms with Crippen molar-refractivity contribution in [2.75, 3.05) is 0 Å². The number of pyridine rings is 1. The van der Waals surface area contributed by atoms with Crippen LogP contribution in [0.1, 0.15) is 27.7 Å². The van der Waals surface area contributed by atoms with Crippen molar-refractivity contribution in [3.8, 4) is 46.3 Å². The Balaban J connectivity index is 1.81. The van der Waals surface area contributed by atoms with Crippen molar-refractivity contribution in [1.82, 2.24) is 4.98 Å². The van der Waals surface area contributed by atoms with Crippen LogP contribution >= 0.6 is 0 Å². The predicted octanol–water partition coefficient (Wildman–Crippen LogP) is 3.97. The summed E-state index contributed by atoms with van der Waals surface area (Å²) in [6, 6.07) is 15.4. The zero-order valence-electron chi connectivity index (χ0n) is 19.6. The molecule has 0 aliphatic heterocycles. The Morgan fingerprint density at radius 3 is 1.86 bits per heavy atom. The lowest BCUT2D eigenvalue weighted by Gasteiger charge is -2.11. The molecule has 0 aliphatic carbocycles. The van der Waals surface area contributed by atoms with Crippen LogP contribution in [0.2, 0.25) is 0 Å². The first-order chi connectivity index (χ1) is 17.1. The molecule has 11 nitrogen and oxygen atoms in total. The van der Waals surface area contributed by atoms with Crippen molar-refractivity contribution >= 4 is 23.9 Å². The van der Waals surface area contributed by atoms with Crippen molar-refractivity contribution in [1.29, 1.82) is 0 Å². The number of esters is 4. The van der Waals surface area contributed by atoms with Gasteiger partial charge in [0.2, 0.25) is 17.5 Å². The fourth-order valence-electron chi connectivity index (χ4n) is 2.67. The van der Waals surface area contributed by atoms with Crippen LogP contribution in [0.3, 0.4) is 0 Å². The molecule has 0 N–H and O–H groups in total. The maximum absolute atomic E-state index is 11.4. The van der Waals surface area contributed by atoms with E-state index in [2.05, 4.69) is 17.1 Å². The average molecular weight is 493 g/mol. The predicted molar refractivity (Wildman–Crippen MR) is 120 cm³/mol. The number of ether oxygens (including phenoxy) is 6. The second-order valence-corrected chi connectivity index (χ2v) is 6.95. The van der Waals surface area contributed by atoms with Crippen LogP contribution in [0.4, 0.5) is 0 Å². The molecule has 3 rings (SSSR count). The van der Waals surface area contributed by atoms with Crippen LogP contribution in [0, 0.1) is 12.1 Å². The molecular weight excluding hydrogens is 474 g/mol. The van der Waals surface area contributed by atoms with Crippen molar-refractivity contribution in [3.05, 3.63) is 54.6 Å². The van der Waals surface area contributed by atoms with Crippen LogP contribution in [0.25, 0.3) is 0 Å².